The monoisotopic (exact) mass is 303 g/mol. The van der Waals surface area contributed by atoms with Crippen molar-refractivity contribution in [3.8, 4) is 5.88 Å². The molecule has 0 saturated carbocycles. The largest absolute Gasteiger partial charge is 0.492 e. The van der Waals surface area contributed by atoms with Gasteiger partial charge in [0.15, 0.2) is 0 Å². The molecule has 0 atom stereocenters. The molecule has 1 aromatic heterocycles. The maximum absolute atomic E-state index is 10.0. The summed E-state index contributed by atoms with van der Waals surface area (Å²) in [5.74, 6) is 0.431. The summed E-state index contributed by atoms with van der Waals surface area (Å²) in [4.78, 5) is 7.15. The van der Waals surface area contributed by atoms with E-state index >= 15 is 0 Å². The molecule has 0 fully saturated rings. The fourth-order valence-electron chi connectivity index (χ4n) is 2.37. The van der Waals surface area contributed by atoms with E-state index in [1.807, 2.05) is 54.6 Å². The van der Waals surface area contributed by atoms with E-state index in [2.05, 4.69) is 25.5 Å². The second-order valence-corrected chi connectivity index (χ2v) is 5.12. The summed E-state index contributed by atoms with van der Waals surface area (Å²) in [5.41, 5.74) is 2.39. The van der Waals surface area contributed by atoms with E-state index < -0.39 is 0 Å². The third-order valence-electron chi connectivity index (χ3n) is 3.47. The first-order valence-electron chi connectivity index (χ1n) is 7.12. The Morgan fingerprint density at radius 3 is 2.83 bits per heavy atom. The van der Waals surface area contributed by atoms with Crippen LogP contribution in [0.15, 0.2) is 58.7 Å². The normalized spacial score (nSPS) is 13.0. The van der Waals surface area contributed by atoms with Crippen molar-refractivity contribution in [3.05, 3.63) is 70.4 Å². The molecule has 4 rings (SSSR count). The van der Waals surface area contributed by atoms with Crippen LogP contribution in [0.25, 0.3) is 6.08 Å². The van der Waals surface area contributed by atoms with Crippen LogP contribution in [0.4, 0.5) is 11.6 Å². The topological polar surface area (TPSA) is 85.7 Å². The number of H-pyrrole nitrogens is 1. The van der Waals surface area contributed by atoms with Crippen molar-refractivity contribution in [2.45, 2.75) is 0 Å². The second kappa shape index (κ2) is 5.42. The van der Waals surface area contributed by atoms with Crippen LogP contribution in [0, 0.1) is 0 Å². The van der Waals surface area contributed by atoms with Crippen LogP contribution in [0.2, 0.25) is 0 Å². The van der Waals surface area contributed by atoms with Crippen LogP contribution in [0.1, 0.15) is 11.3 Å². The average molecular weight is 303 g/mol. The minimum Gasteiger partial charge on any atom is -0.492 e. The molecule has 6 heteroatoms. The maximum atomic E-state index is 10.0. The third-order valence-corrected chi connectivity index (χ3v) is 3.47. The Morgan fingerprint density at radius 2 is 1.96 bits per heavy atom. The third kappa shape index (κ3) is 2.69. The Hall–Kier alpha value is -3.41. The van der Waals surface area contributed by atoms with Crippen molar-refractivity contribution in [1.29, 1.82) is 0 Å². The van der Waals surface area contributed by atoms with Gasteiger partial charge < -0.3 is 15.4 Å². The number of imidazole rings is 1. The first kappa shape index (κ1) is 13.3. The molecule has 2 aromatic carbocycles. The first-order valence-corrected chi connectivity index (χ1v) is 7.12. The van der Waals surface area contributed by atoms with Crippen LogP contribution in [-0.4, -0.2) is 21.3 Å². The van der Waals surface area contributed by atoms with Gasteiger partial charge in [0.1, 0.15) is 5.69 Å². The van der Waals surface area contributed by atoms with Gasteiger partial charge in [-0.2, -0.15) is 15.2 Å². The number of benzene rings is 2. The van der Waals surface area contributed by atoms with Gasteiger partial charge in [-0.15, -0.1) is 0 Å². The van der Waals surface area contributed by atoms with Gasteiger partial charge in [-0.1, -0.05) is 24.3 Å². The van der Waals surface area contributed by atoms with Crippen molar-refractivity contribution >= 4 is 23.9 Å². The molecule has 0 saturated heterocycles. The van der Waals surface area contributed by atoms with Gasteiger partial charge in [0.25, 0.3) is 0 Å². The van der Waals surface area contributed by atoms with E-state index in [0.717, 1.165) is 21.8 Å². The number of hydrogen-bond donors (Lipinski definition) is 3. The van der Waals surface area contributed by atoms with E-state index in [1.54, 1.807) is 6.21 Å². The Morgan fingerprint density at radius 1 is 1.09 bits per heavy atom. The zero-order chi connectivity index (χ0) is 15.6. The number of aromatic hydroxyl groups is 1. The van der Waals surface area contributed by atoms with Crippen molar-refractivity contribution in [2.24, 2.45) is 10.2 Å². The molecule has 0 spiro atoms. The lowest BCUT2D eigenvalue weighted by atomic mass is 10.2. The van der Waals surface area contributed by atoms with Crippen molar-refractivity contribution in [3.63, 3.8) is 0 Å². The lowest BCUT2D eigenvalue weighted by molar-refractivity contribution is 0.455. The Bertz CT molecular complexity index is 1010. The molecular weight excluding hydrogens is 290 g/mol. The van der Waals surface area contributed by atoms with Gasteiger partial charge >= 0.3 is 0 Å². The molecule has 112 valence electrons. The minimum atomic E-state index is -0.0534. The highest BCUT2D eigenvalue weighted by Crippen LogP contribution is 2.20. The fourth-order valence-corrected chi connectivity index (χ4v) is 2.37. The number of anilines is 2. The highest BCUT2D eigenvalue weighted by molar-refractivity contribution is 5.80. The summed E-state index contributed by atoms with van der Waals surface area (Å²) in [6.45, 7) is 0. The smallest absolute Gasteiger partial charge is 0.238 e. The summed E-state index contributed by atoms with van der Waals surface area (Å²) < 4.78 is 0. The molecule has 3 N–H and O–H groups in total. The van der Waals surface area contributed by atoms with Gasteiger partial charge in [-0.3, -0.25) is 0 Å². The van der Waals surface area contributed by atoms with E-state index in [9.17, 15) is 5.11 Å². The number of aromatic nitrogens is 2. The zero-order valence-corrected chi connectivity index (χ0v) is 12.1. The molecule has 0 amide bonds. The van der Waals surface area contributed by atoms with E-state index in [1.165, 1.54) is 0 Å². The van der Waals surface area contributed by atoms with Gasteiger partial charge in [0, 0.05) is 11.3 Å². The number of nitrogens with zero attached hydrogens (tertiary/aromatic N) is 3. The summed E-state index contributed by atoms with van der Waals surface area (Å²) >= 11 is 0. The molecule has 0 bridgehead atoms. The van der Waals surface area contributed by atoms with E-state index in [0.29, 0.717) is 11.6 Å². The molecule has 6 nitrogen and oxygen atoms in total. The molecule has 3 aromatic rings. The lowest BCUT2D eigenvalue weighted by Gasteiger charge is -2.00. The molecule has 1 aliphatic rings. The zero-order valence-electron chi connectivity index (χ0n) is 12.1. The van der Waals surface area contributed by atoms with Crippen molar-refractivity contribution < 1.29 is 5.11 Å². The van der Waals surface area contributed by atoms with Crippen molar-refractivity contribution in [2.75, 3.05) is 5.32 Å². The molecular formula is C17H13N5O. The molecule has 0 unspecified atom stereocenters. The lowest BCUT2D eigenvalue weighted by Crippen LogP contribution is -2.11. The molecule has 0 radical (unpaired) electrons. The van der Waals surface area contributed by atoms with Gasteiger partial charge in [0.05, 0.1) is 11.6 Å². The quantitative estimate of drug-likeness (QED) is 0.688. The standard InChI is InChI=1S/C17H13N5O/c23-16-15(9-11-6-7-14-12(8-11)10-18-22-14)20-17(21-16)19-13-4-2-1-3-5-13/h1-10,23H,(H2,19,20,21)/b11-9+. The molecule has 1 aliphatic heterocycles. The van der Waals surface area contributed by atoms with Crippen LogP contribution >= 0.6 is 0 Å². The van der Waals surface area contributed by atoms with Crippen LogP contribution in [0.3, 0.4) is 0 Å². The van der Waals surface area contributed by atoms with Gasteiger partial charge in [0.2, 0.25) is 11.8 Å². The van der Waals surface area contributed by atoms with Crippen LogP contribution < -0.4 is 15.9 Å². The number of rotatable bonds is 3. The highest BCUT2D eigenvalue weighted by Gasteiger charge is 2.07. The van der Waals surface area contributed by atoms with Gasteiger partial charge in [-0.05, 0) is 35.6 Å². The van der Waals surface area contributed by atoms with Crippen LogP contribution in [0.5, 0.6) is 5.88 Å². The summed E-state index contributed by atoms with van der Waals surface area (Å²) in [5, 5.41) is 22.8. The van der Waals surface area contributed by atoms with Crippen molar-refractivity contribution in [1.82, 2.24) is 9.97 Å². The SMILES string of the molecule is Oc1nc(Nc2ccccc2)[nH]c1/C=c1\ccc2c(c1)C=NN=2. The summed E-state index contributed by atoms with van der Waals surface area (Å²) in [6, 6.07) is 15.4. The number of para-hydroxylation sites is 1. The average Bonchev–Trinajstić information content (AvgIpc) is 3.15. The Labute approximate surface area is 131 Å². The predicted octanol–water partition coefficient (Wildman–Crippen LogP) is 1.65. The maximum Gasteiger partial charge on any atom is 0.238 e. The van der Waals surface area contributed by atoms with E-state index in [-0.39, 0.29) is 5.88 Å². The molecule has 0 aliphatic carbocycles. The highest BCUT2D eigenvalue weighted by atomic mass is 16.3. The first-order chi connectivity index (χ1) is 11.3. The second-order valence-electron chi connectivity index (χ2n) is 5.12. The minimum absolute atomic E-state index is 0.0534. The molecule has 23 heavy (non-hydrogen) atoms. The summed E-state index contributed by atoms with van der Waals surface area (Å²) in [7, 11) is 0. The number of aromatic amines is 1. The van der Waals surface area contributed by atoms with E-state index in [4.69, 9.17) is 0 Å². The fraction of sp³-hybridized carbons (Fsp3) is 0. The molecule has 2 heterocycles. The predicted molar refractivity (Wildman–Crippen MR) is 88.4 cm³/mol. The van der Waals surface area contributed by atoms with Gasteiger partial charge in [-0.25, -0.2) is 0 Å². The Kier molecular flexibility index (Phi) is 3.12. The number of hydrogen-bond acceptors (Lipinski definition) is 5. The summed E-state index contributed by atoms with van der Waals surface area (Å²) in [6.07, 6.45) is 3.53. The van der Waals surface area contributed by atoms with Crippen LogP contribution in [-0.2, 0) is 0 Å². The number of fused-ring (bicyclic) bond motifs is 1. The number of nitrogens with one attached hydrogen (secondary N) is 2. The Balaban J connectivity index is 1.66.